The highest BCUT2D eigenvalue weighted by atomic mass is 16.4. The molecule has 0 saturated carbocycles. The van der Waals surface area contributed by atoms with Gasteiger partial charge < -0.3 is 10.0 Å². The van der Waals surface area contributed by atoms with Crippen molar-refractivity contribution >= 4 is 6.09 Å². The highest BCUT2D eigenvalue weighted by Crippen LogP contribution is 2.36. The minimum Gasteiger partial charge on any atom is -0.465 e. The quantitative estimate of drug-likeness (QED) is 0.872. The van der Waals surface area contributed by atoms with Crippen LogP contribution in [0.5, 0.6) is 0 Å². The van der Waals surface area contributed by atoms with Crippen molar-refractivity contribution in [1.82, 2.24) is 9.80 Å². The smallest absolute Gasteiger partial charge is 0.407 e. The van der Waals surface area contributed by atoms with E-state index in [1.54, 1.807) is 0 Å². The van der Waals surface area contributed by atoms with Crippen molar-refractivity contribution in [3.05, 3.63) is 35.9 Å². The van der Waals surface area contributed by atoms with E-state index in [-0.39, 0.29) is 18.1 Å². The summed E-state index contributed by atoms with van der Waals surface area (Å²) < 4.78 is 0. The first kappa shape index (κ1) is 12.0. The second-order valence-corrected chi connectivity index (χ2v) is 5.12. The van der Waals surface area contributed by atoms with Crippen molar-refractivity contribution in [3.8, 4) is 6.07 Å². The lowest BCUT2D eigenvalue weighted by Crippen LogP contribution is -2.53. The number of benzene rings is 1. The number of carbonyl (C=O) groups is 1. The molecule has 0 aliphatic carbocycles. The number of piperazine rings is 1. The van der Waals surface area contributed by atoms with E-state index in [1.807, 2.05) is 30.3 Å². The van der Waals surface area contributed by atoms with Crippen molar-refractivity contribution in [1.29, 1.82) is 5.26 Å². The molecule has 5 heteroatoms. The van der Waals surface area contributed by atoms with Gasteiger partial charge in [0, 0.05) is 19.1 Å². The molecule has 0 unspecified atom stereocenters. The molecule has 2 aliphatic rings. The summed E-state index contributed by atoms with van der Waals surface area (Å²) in [5.41, 5.74) is 1.16. The Labute approximate surface area is 111 Å². The van der Waals surface area contributed by atoms with Gasteiger partial charge in [0.1, 0.15) is 6.04 Å². The maximum absolute atomic E-state index is 11.1. The van der Waals surface area contributed by atoms with Crippen LogP contribution in [0.15, 0.2) is 30.3 Å². The fourth-order valence-corrected chi connectivity index (χ4v) is 3.23. The van der Waals surface area contributed by atoms with Gasteiger partial charge in [0.25, 0.3) is 0 Å². The summed E-state index contributed by atoms with van der Waals surface area (Å²) in [6, 6.07) is 12.0. The first-order valence-corrected chi connectivity index (χ1v) is 6.39. The number of rotatable bonds is 2. The Hall–Kier alpha value is -2.06. The third kappa shape index (κ3) is 1.94. The first-order valence-electron chi connectivity index (χ1n) is 6.39. The lowest BCUT2D eigenvalue weighted by Gasteiger charge is -2.36. The average Bonchev–Trinajstić information content (AvgIpc) is 2.98. The second kappa shape index (κ2) is 4.56. The van der Waals surface area contributed by atoms with Crippen LogP contribution >= 0.6 is 0 Å². The molecule has 0 spiro atoms. The standard InChI is InChI=1S/C14H15N3O2/c15-7-13-12-6-11(9-17(12)14(18)19)16(13)8-10-4-2-1-3-5-10/h1-5,11-13H,6,8-9H2,(H,18,19)/t11-,12-,13+/m0/s1. The first-order chi connectivity index (χ1) is 9.20. The van der Waals surface area contributed by atoms with E-state index in [4.69, 9.17) is 5.11 Å². The molecule has 1 aromatic rings. The van der Waals surface area contributed by atoms with Gasteiger partial charge in [-0.05, 0) is 12.0 Å². The maximum Gasteiger partial charge on any atom is 0.407 e. The molecule has 2 bridgehead atoms. The number of hydrogen-bond donors (Lipinski definition) is 1. The number of nitriles is 1. The van der Waals surface area contributed by atoms with Crippen LogP contribution in [0, 0.1) is 11.3 Å². The Morgan fingerprint density at radius 2 is 2.16 bits per heavy atom. The number of fused-ring (bicyclic) bond motifs is 2. The number of hydrogen-bond acceptors (Lipinski definition) is 3. The summed E-state index contributed by atoms with van der Waals surface area (Å²) >= 11 is 0. The van der Waals surface area contributed by atoms with Crippen molar-refractivity contribution in [2.75, 3.05) is 6.54 Å². The van der Waals surface area contributed by atoms with Crippen molar-refractivity contribution in [2.24, 2.45) is 0 Å². The Morgan fingerprint density at radius 1 is 1.42 bits per heavy atom. The topological polar surface area (TPSA) is 67.6 Å². The van der Waals surface area contributed by atoms with Gasteiger partial charge in [-0.2, -0.15) is 5.26 Å². The predicted molar refractivity (Wildman–Crippen MR) is 68.3 cm³/mol. The maximum atomic E-state index is 11.1. The largest absolute Gasteiger partial charge is 0.465 e. The SMILES string of the molecule is N#C[C@@H]1[C@@H]2C[C@@H](CN2C(=O)O)N1Cc1ccccc1. The van der Waals surface area contributed by atoms with E-state index in [1.165, 1.54) is 4.90 Å². The second-order valence-electron chi connectivity index (χ2n) is 5.12. The van der Waals surface area contributed by atoms with E-state index in [0.29, 0.717) is 13.1 Å². The number of carboxylic acid groups (broad SMARTS) is 1. The lowest BCUT2D eigenvalue weighted by atomic mass is 10.1. The van der Waals surface area contributed by atoms with Gasteiger partial charge in [0.2, 0.25) is 0 Å². The monoisotopic (exact) mass is 257 g/mol. The van der Waals surface area contributed by atoms with Crippen molar-refractivity contribution in [3.63, 3.8) is 0 Å². The number of amides is 1. The lowest BCUT2D eigenvalue weighted by molar-refractivity contribution is 0.0805. The summed E-state index contributed by atoms with van der Waals surface area (Å²) in [5, 5.41) is 18.4. The van der Waals surface area contributed by atoms with E-state index < -0.39 is 6.09 Å². The Bertz CT molecular complexity index is 525. The van der Waals surface area contributed by atoms with E-state index >= 15 is 0 Å². The van der Waals surface area contributed by atoms with Crippen LogP contribution in [0.3, 0.4) is 0 Å². The minimum absolute atomic E-state index is 0.170. The third-order valence-corrected chi connectivity index (χ3v) is 4.10. The van der Waals surface area contributed by atoms with Gasteiger partial charge in [0.15, 0.2) is 0 Å². The summed E-state index contributed by atoms with van der Waals surface area (Å²) in [6.45, 7) is 1.23. The fraction of sp³-hybridized carbons (Fsp3) is 0.429. The molecule has 0 radical (unpaired) electrons. The van der Waals surface area contributed by atoms with Crippen LogP contribution in [0.4, 0.5) is 4.79 Å². The van der Waals surface area contributed by atoms with Crippen molar-refractivity contribution < 1.29 is 9.90 Å². The Kier molecular flexibility index (Phi) is 2.88. The van der Waals surface area contributed by atoms with Gasteiger partial charge in [-0.15, -0.1) is 0 Å². The molecule has 1 amide bonds. The molecule has 2 aliphatic heterocycles. The zero-order valence-electron chi connectivity index (χ0n) is 10.4. The van der Waals surface area contributed by atoms with Gasteiger partial charge in [-0.3, -0.25) is 4.90 Å². The van der Waals surface area contributed by atoms with Crippen LogP contribution in [0.1, 0.15) is 12.0 Å². The highest BCUT2D eigenvalue weighted by molar-refractivity contribution is 5.66. The Balaban J connectivity index is 1.78. The summed E-state index contributed by atoms with van der Waals surface area (Å²) in [4.78, 5) is 14.7. The van der Waals surface area contributed by atoms with Gasteiger partial charge in [-0.1, -0.05) is 30.3 Å². The van der Waals surface area contributed by atoms with Crippen molar-refractivity contribution in [2.45, 2.75) is 31.1 Å². The van der Waals surface area contributed by atoms with Gasteiger partial charge in [-0.25, -0.2) is 4.79 Å². The molecule has 3 atom stereocenters. The molecule has 1 aromatic carbocycles. The molecular formula is C14H15N3O2. The zero-order valence-corrected chi connectivity index (χ0v) is 10.4. The van der Waals surface area contributed by atoms with Gasteiger partial charge in [0.05, 0.1) is 12.1 Å². The molecule has 19 heavy (non-hydrogen) atoms. The van der Waals surface area contributed by atoms with Crippen LogP contribution < -0.4 is 0 Å². The van der Waals surface area contributed by atoms with Crippen LogP contribution in [0.2, 0.25) is 0 Å². The highest BCUT2D eigenvalue weighted by Gasteiger charge is 2.52. The minimum atomic E-state index is -0.910. The van der Waals surface area contributed by atoms with Gasteiger partial charge >= 0.3 is 6.09 Å². The molecule has 1 N–H and O–H groups in total. The number of nitrogens with zero attached hydrogens (tertiary/aromatic N) is 3. The van der Waals surface area contributed by atoms with E-state index in [9.17, 15) is 10.1 Å². The molecule has 2 saturated heterocycles. The van der Waals surface area contributed by atoms with E-state index in [2.05, 4.69) is 11.0 Å². The molecule has 98 valence electrons. The van der Waals surface area contributed by atoms with Crippen LogP contribution in [-0.2, 0) is 6.54 Å². The third-order valence-electron chi connectivity index (χ3n) is 4.10. The average molecular weight is 257 g/mol. The predicted octanol–water partition coefficient (Wildman–Crippen LogP) is 1.52. The molecule has 2 heterocycles. The molecule has 5 nitrogen and oxygen atoms in total. The fourth-order valence-electron chi connectivity index (χ4n) is 3.23. The summed E-state index contributed by atoms with van der Waals surface area (Å²) in [6.07, 6.45) is -0.135. The normalized spacial score (nSPS) is 29.4. The molecular weight excluding hydrogens is 242 g/mol. The van der Waals surface area contributed by atoms with Crippen LogP contribution in [-0.4, -0.2) is 45.7 Å². The summed E-state index contributed by atoms with van der Waals surface area (Å²) in [5.74, 6) is 0. The zero-order chi connectivity index (χ0) is 13.4. The number of likely N-dealkylation sites (tertiary alicyclic amines) is 2. The molecule has 2 fully saturated rings. The Morgan fingerprint density at radius 3 is 2.79 bits per heavy atom. The summed E-state index contributed by atoms with van der Waals surface area (Å²) in [7, 11) is 0. The molecule has 0 aromatic heterocycles. The molecule has 3 rings (SSSR count). The van der Waals surface area contributed by atoms with Crippen LogP contribution in [0.25, 0.3) is 0 Å². The van der Waals surface area contributed by atoms with E-state index in [0.717, 1.165) is 12.0 Å².